The van der Waals surface area contributed by atoms with Gasteiger partial charge in [-0.1, -0.05) is 23.2 Å². The third kappa shape index (κ3) is 2.66. The van der Waals surface area contributed by atoms with Gasteiger partial charge in [0.1, 0.15) is 11.6 Å². The third-order valence-electron chi connectivity index (χ3n) is 3.05. The van der Waals surface area contributed by atoms with Crippen molar-refractivity contribution in [2.75, 3.05) is 0 Å². The van der Waals surface area contributed by atoms with E-state index < -0.39 is 0 Å². The lowest BCUT2D eigenvalue weighted by molar-refractivity contribution is 0.622. The molecule has 0 spiro atoms. The summed E-state index contributed by atoms with van der Waals surface area (Å²) in [5.41, 5.74) is 1.99. The van der Waals surface area contributed by atoms with Gasteiger partial charge in [0.15, 0.2) is 0 Å². The Morgan fingerprint density at radius 3 is 2.57 bits per heavy atom. The summed E-state index contributed by atoms with van der Waals surface area (Å²) >= 11 is 21.1. The van der Waals surface area contributed by atoms with Crippen molar-refractivity contribution in [3.63, 3.8) is 0 Å². The predicted octanol–water partition coefficient (Wildman–Crippen LogP) is 5.97. The van der Waals surface area contributed by atoms with Crippen molar-refractivity contribution in [1.29, 1.82) is 0 Å². The fourth-order valence-corrected chi connectivity index (χ4v) is 2.93. The summed E-state index contributed by atoms with van der Waals surface area (Å²) in [5, 5.41) is 0.861. The predicted molar refractivity (Wildman–Crippen MR) is 88.3 cm³/mol. The molecule has 7 heteroatoms. The van der Waals surface area contributed by atoms with Gasteiger partial charge in [0.05, 0.1) is 31.4 Å². The van der Waals surface area contributed by atoms with Gasteiger partial charge in [0, 0.05) is 11.8 Å². The van der Waals surface area contributed by atoms with Gasteiger partial charge < -0.3 is 0 Å². The zero-order valence-corrected chi connectivity index (χ0v) is 14.2. The number of imidazole rings is 1. The molecule has 3 aromatic rings. The molecule has 0 unspecified atom stereocenters. The number of alkyl halides is 1. The van der Waals surface area contributed by atoms with Crippen LogP contribution in [-0.2, 0) is 5.88 Å². The fraction of sp³-hybridized carbons (Fsp3) is 0.0714. The second-order valence-electron chi connectivity index (χ2n) is 4.35. The molecule has 0 amide bonds. The number of hydrogen-bond donors (Lipinski definition) is 0. The van der Waals surface area contributed by atoms with Crippen molar-refractivity contribution in [3.8, 4) is 5.69 Å². The van der Waals surface area contributed by atoms with Crippen molar-refractivity contribution in [1.82, 2.24) is 9.55 Å². The number of benzene rings is 2. The van der Waals surface area contributed by atoms with Crippen LogP contribution in [0.15, 0.2) is 34.8 Å². The maximum Gasteiger partial charge on any atom is 0.139 e. The van der Waals surface area contributed by atoms with E-state index in [0.29, 0.717) is 31.4 Å². The van der Waals surface area contributed by atoms with E-state index in [1.165, 1.54) is 6.07 Å². The number of aromatic nitrogens is 2. The van der Waals surface area contributed by atoms with Crippen LogP contribution in [0.3, 0.4) is 0 Å². The Balaban J connectivity index is 2.34. The average Bonchev–Trinajstić information content (AvgIpc) is 2.80. The summed E-state index contributed by atoms with van der Waals surface area (Å²) in [4.78, 5) is 4.42. The topological polar surface area (TPSA) is 17.8 Å². The van der Waals surface area contributed by atoms with E-state index in [2.05, 4.69) is 20.9 Å². The molecule has 0 bridgehead atoms. The number of fused-ring (bicyclic) bond motifs is 1. The minimum Gasteiger partial charge on any atom is -0.295 e. The molecule has 2 aromatic carbocycles. The summed E-state index contributed by atoms with van der Waals surface area (Å²) in [5.74, 6) is 0.418. The van der Waals surface area contributed by atoms with E-state index >= 15 is 0 Å². The van der Waals surface area contributed by atoms with Gasteiger partial charge in [-0.3, -0.25) is 4.57 Å². The van der Waals surface area contributed by atoms with Crippen LogP contribution in [0, 0.1) is 5.82 Å². The molecule has 0 saturated carbocycles. The lowest BCUT2D eigenvalue weighted by Crippen LogP contribution is -1.99. The molecular weight excluding hydrogens is 401 g/mol. The van der Waals surface area contributed by atoms with Gasteiger partial charge >= 0.3 is 0 Å². The minimum absolute atomic E-state index is 0.189. The molecule has 0 radical (unpaired) electrons. The zero-order valence-electron chi connectivity index (χ0n) is 10.4. The molecule has 0 aliphatic rings. The van der Waals surface area contributed by atoms with E-state index in [9.17, 15) is 4.39 Å². The van der Waals surface area contributed by atoms with Gasteiger partial charge in [-0.2, -0.15) is 0 Å². The Morgan fingerprint density at radius 1 is 1.14 bits per heavy atom. The Bertz CT molecular complexity index is 848. The Labute approximate surface area is 143 Å². The van der Waals surface area contributed by atoms with E-state index in [-0.39, 0.29) is 11.7 Å². The summed E-state index contributed by atoms with van der Waals surface area (Å²) in [7, 11) is 0. The van der Waals surface area contributed by atoms with E-state index in [0.717, 1.165) is 5.69 Å². The molecule has 1 heterocycles. The summed E-state index contributed by atoms with van der Waals surface area (Å²) in [6, 6.07) is 8.18. The number of nitrogens with zero attached hydrogens (tertiary/aromatic N) is 2. The van der Waals surface area contributed by atoms with Crippen LogP contribution in [0.5, 0.6) is 0 Å². The Kier molecular flexibility index (Phi) is 4.14. The van der Waals surface area contributed by atoms with E-state index in [1.807, 2.05) is 0 Å². The molecule has 0 aliphatic heterocycles. The van der Waals surface area contributed by atoms with Crippen LogP contribution in [0.1, 0.15) is 5.82 Å². The maximum absolute atomic E-state index is 13.8. The van der Waals surface area contributed by atoms with Crippen LogP contribution < -0.4 is 0 Å². The van der Waals surface area contributed by atoms with Crippen LogP contribution in [0.4, 0.5) is 4.39 Å². The number of rotatable bonds is 2. The fourth-order valence-electron chi connectivity index (χ4n) is 2.12. The van der Waals surface area contributed by atoms with Gasteiger partial charge in [0.2, 0.25) is 0 Å². The van der Waals surface area contributed by atoms with Gasteiger partial charge in [-0.25, -0.2) is 9.37 Å². The first-order valence-corrected chi connectivity index (χ1v) is 7.97. The summed E-state index contributed by atoms with van der Waals surface area (Å²) in [6.07, 6.45) is 0. The minimum atomic E-state index is -0.371. The molecule has 3 rings (SSSR count). The Morgan fingerprint density at radius 2 is 1.90 bits per heavy atom. The average molecular weight is 408 g/mol. The van der Waals surface area contributed by atoms with Crippen LogP contribution in [0.2, 0.25) is 10.0 Å². The first-order valence-electron chi connectivity index (χ1n) is 5.89. The SMILES string of the molecule is Fc1cc2c(cc1Br)nc(CCl)n2-c1ccc(Cl)c(Cl)c1. The maximum atomic E-state index is 13.8. The van der Waals surface area contributed by atoms with Gasteiger partial charge in [-0.15, -0.1) is 11.6 Å². The third-order valence-corrected chi connectivity index (χ3v) is 4.63. The molecule has 0 atom stereocenters. The molecule has 2 nitrogen and oxygen atoms in total. The van der Waals surface area contributed by atoms with Crippen molar-refractivity contribution in [2.45, 2.75) is 5.88 Å². The number of halogens is 5. The smallest absolute Gasteiger partial charge is 0.139 e. The van der Waals surface area contributed by atoms with Crippen molar-refractivity contribution >= 4 is 61.8 Å². The highest BCUT2D eigenvalue weighted by Gasteiger charge is 2.15. The normalized spacial score (nSPS) is 11.3. The molecule has 1 aromatic heterocycles. The molecule has 21 heavy (non-hydrogen) atoms. The first-order chi connectivity index (χ1) is 10.0. The monoisotopic (exact) mass is 406 g/mol. The lowest BCUT2D eigenvalue weighted by Gasteiger charge is -2.09. The second kappa shape index (κ2) is 5.76. The lowest BCUT2D eigenvalue weighted by atomic mass is 10.2. The van der Waals surface area contributed by atoms with Crippen LogP contribution in [0.25, 0.3) is 16.7 Å². The Hall–Kier alpha value is -0.810. The van der Waals surface area contributed by atoms with Crippen LogP contribution >= 0.6 is 50.7 Å². The molecular formula is C14H7BrCl3FN2. The standard InChI is InChI=1S/C14H7BrCl3FN2/c15-8-4-12-13(5-11(8)19)21(14(6-16)20-12)7-1-2-9(17)10(18)3-7/h1-5H,6H2. The summed E-state index contributed by atoms with van der Waals surface area (Å²) in [6.45, 7) is 0. The largest absolute Gasteiger partial charge is 0.295 e. The van der Waals surface area contributed by atoms with Crippen molar-refractivity contribution in [3.05, 3.63) is 56.5 Å². The first kappa shape index (κ1) is 15.1. The highest BCUT2D eigenvalue weighted by molar-refractivity contribution is 9.10. The van der Waals surface area contributed by atoms with Gasteiger partial charge in [-0.05, 0) is 40.2 Å². The highest BCUT2D eigenvalue weighted by atomic mass is 79.9. The zero-order chi connectivity index (χ0) is 15.1. The molecule has 0 aliphatic carbocycles. The molecule has 0 saturated heterocycles. The molecule has 0 N–H and O–H groups in total. The van der Waals surface area contributed by atoms with Gasteiger partial charge in [0.25, 0.3) is 0 Å². The van der Waals surface area contributed by atoms with Crippen LogP contribution in [-0.4, -0.2) is 9.55 Å². The van der Waals surface area contributed by atoms with Crippen molar-refractivity contribution < 1.29 is 4.39 Å². The molecule has 0 fully saturated rings. The quantitative estimate of drug-likeness (QED) is 0.478. The van der Waals surface area contributed by atoms with E-state index in [1.54, 1.807) is 28.8 Å². The number of hydrogen-bond acceptors (Lipinski definition) is 1. The van der Waals surface area contributed by atoms with E-state index in [4.69, 9.17) is 34.8 Å². The summed E-state index contributed by atoms with van der Waals surface area (Å²) < 4.78 is 16.0. The second-order valence-corrected chi connectivity index (χ2v) is 6.29. The van der Waals surface area contributed by atoms with Crippen molar-refractivity contribution in [2.24, 2.45) is 0 Å². The highest BCUT2D eigenvalue weighted by Crippen LogP contribution is 2.30. The molecule has 108 valence electrons.